The van der Waals surface area contributed by atoms with Gasteiger partial charge in [-0.15, -0.1) is 0 Å². The number of rotatable bonds is 4. The Labute approximate surface area is 108 Å². The lowest BCUT2D eigenvalue weighted by atomic mass is 10.1. The summed E-state index contributed by atoms with van der Waals surface area (Å²) in [4.78, 5) is 17.4. The van der Waals surface area contributed by atoms with Gasteiger partial charge in [0.2, 0.25) is 0 Å². The highest BCUT2D eigenvalue weighted by Crippen LogP contribution is 2.29. The van der Waals surface area contributed by atoms with Gasteiger partial charge in [0.25, 0.3) is 0 Å². The van der Waals surface area contributed by atoms with Crippen LogP contribution in [0.2, 0.25) is 0 Å². The monoisotopic (exact) mass is 265 g/mol. The average Bonchev–Trinajstić information content (AvgIpc) is 2.87. The van der Waals surface area contributed by atoms with Gasteiger partial charge in [-0.3, -0.25) is 4.79 Å². The lowest BCUT2D eigenvalue weighted by Gasteiger charge is -2.06. The van der Waals surface area contributed by atoms with Crippen LogP contribution in [-0.4, -0.2) is 28.2 Å². The zero-order chi connectivity index (χ0) is 14.0. The fourth-order valence-electron chi connectivity index (χ4n) is 1.64. The largest absolute Gasteiger partial charge is 0.496 e. The molecule has 0 aliphatic rings. The Kier molecular flexibility index (Phi) is 3.48. The molecule has 1 atom stereocenters. The third-order valence-electron chi connectivity index (χ3n) is 2.61. The Morgan fingerprint density at radius 3 is 2.95 bits per heavy atom. The minimum absolute atomic E-state index is 0.0915. The quantitative estimate of drug-likeness (QED) is 0.773. The van der Waals surface area contributed by atoms with Gasteiger partial charge in [0.05, 0.1) is 19.0 Å². The predicted octanol–water partition coefficient (Wildman–Crippen LogP) is 1.31. The lowest BCUT2D eigenvalue weighted by molar-refractivity contribution is -0.138. The summed E-state index contributed by atoms with van der Waals surface area (Å²) in [5.74, 6) is -1.10. The second kappa shape index (κ2) is 5.07. The van der Waals surface area contributed by atoms with Crippen molar-refractivity contribution in [1.29, 1.82) is 0 Å². The number of nitrogens with one attached hydrogen (secondary N) is 1. The number of carboxylic acids is 1. The molecule has 2 rings (SSSR count). The normalized spacial score (nSPS) is 12.2. The van der Waals surface area contributed by atoms with Gasteiger partial charge in [-0.05, 0) is 18.2 Å². The van der Waals surface area contributed by atoms with E-state index in [0.29, 0.717) is 17.0 Å². The maximum absolute atomic E-state index is 13.3. The van der Waals surface area contributed by atoms with Crippen molar-refractivity contribution in [2.75, 3.05) is 7.11 Å². The fraction of sp³-hybridized carbons (Fsp3) is 0.167. The molecule has 1 aromatic carbocycles. The number of H-pyrrole nitrogens is 1. The maximum atomic E-state index is 13.3. The molecule has 0 fully saturated rings. The molecule has 2 aromatic rings. The molecule has 6 nitrogen and oxygen atoms in total. The number of carbonyl (C=O) groups is 1. The number of imidazole rings is 1. The molecule has 0 aliphatic carbocycles. The zero-order valence-electron chi connectivity index (χ0n) is 10.1. The molecule has 100 valence electrons. The first kappa shape index (κ1) is 13.0. The van der Waals surface area contributed by atoms with E-state index in [-0.39, 0.29) is 5.82 Å². The molecule has 1 aromatic heterocycles. The molecule has 4 N–H and O–H groups in total. The first-order chi connectivity index (χ1) is 9.02. The van der Waals surface area contributed by atoms with E-state index in [1.165, 1.54) is 31.5 Å². The van der Waals surface area contributed by atoms with Crippen LogP contribution in [0.4, 0.5) is 4.39 Å². The number of hydrogen-bond donors (Lipinski definition) is 3. The third-order valence-corrected chi connectivity index (χ3v) is 2.61. The summed E-state index contributed by atoms with van der Waals surface area (Å²) in [6, 6.07) is 2.75. The third kappa shape index (κ3) is 2.55. The van der Waals surface area contributed by atoms with Crippen molar-refractivity contribution in [1.82, 2.24) is 9.97 Å². The van der Waals surface area contributed by atoms with Gasteiger partial charge >= 0.3 is 5.97 Å². The van der Waals surface area contributed by atoms with Gasteiger partial charge in [-0.2, -0.15) is 0 Å². The first-order valence-electron chi connectivity index (χ1n) is 5.40. The van der Waals surface area contributed by atoms with Crippen molar-refractivity contribution in [2.24, 2.45) is 5.73 Å². The summed E-state index contributed by atoms with van der Waals surface area (Å²) >= 11 is 0. The highest BCUT2D eigenvalue weighted by atomic mass is 19.1. The topological polar surface area (TPSA) is 101 Å². The molecule has 0 saturated carbocycles. The number of hydrogen-bond acceptors (Lipinski definition) is 4. The van der Waals surface area contributed by atoms with E-state index < -0.39 is 17.8 Å². The SMILES string of the molecule is COc1ccc(F)cc1-c1cnc(C(N)C(=O)O)[nH]1. The molecule has 0 saturated heterocycles. The number of halogens is 1. The number of methoxy groups -OCH3 is 1. The molecule has 1 unspecified atom stereocenters. The van der Waals surface area contributed by atoms with Crippen LogP contribution in [0, 0.1) is 5.82 Å². The Hall–Kier alpha value is -2.41. The van der Waals surface area contributed by atoms with Crippen molar-refractivity contribution in [3.63, 3.8) is 0 Å². The van der Waals surface area contributed by atoms with Crippen LogP contribution < -0.4 is 10.5 Å². The van der Waals surface area contributed by atoms with E-state index in [9.17, 15) is 9.18 Å². The molecular formula is C12H12FN3O3. The molecule has 1 heterocycles. The molecule has 0 amide bonds. The summed E-state index contributed by atoms with van der Waals surface area (Å²) in [5.41, 5.74) is 6.31. The van der Waals surface area contributed by atoms with E-state index >= 15 is 0 Å². The number of aromatic nitrogens is 2. The number of aromatic amines is 1. The van der Waals surface area contributed by atoms with E-state index in [0.717, 1.165) is 0 Å². The second-order valence-electron chi connectivity index (χ2n) is 3.84. The van der Waals surface area contributed by atoms with Gasteiger partial charge in [-0.25, -0.2) is 9.37 Å². The molecular weight excluding hydrogens is 253 g/mol. The van der Waals surface area contributed by atoms with Crippen LogP contribution in [-0.2, 0) is 4.79 Å². The van der Waals surface area contributed by atoms with Crippen molar-refractivity contribution >= 4 is 5.97 Å². The standard InChI is InChI=1S/C12H12FN3O3/c1-19-9-3-2-6(13)4-7(9)8-5-15-11(16-8)10(14)12(17)18/h2-5,10H,14H2,1H3,(H,15,16)(H,17,18). The summed E-state index contributed by atoms with van der Waals surface area (Å²) in [6.07, 6.45) is 1.38. The highest BCUT2D eigenvalue weighted by molar-refractivity contribution is 5.75. The van der Waals surface area contributed by atoms with Gasteiger partial charge in [-0.1, -0.05) is 0 Å². The molecule has 0 spiro atoms. The van der Waals surface area contributed by atoms with Crippen molar-refractivity contribution in [3.8, 4) is 17.0 Å². The summed E-state index contributed by atoms with van der Waals surface area (Å²) < 4.78 is 18.4. The van der Waals surface area contributed by atoms with Gasteiger partial charge in [0, 0.05) is 5.56 Å². The molecule has 0 radical (unpaired) electrons. The van der Waals surface area contributed by atoms with E-state index in [4.69, 9.17) is 15.6 Å². The lowest BCUT2D eigenvalue weighted by Crippen LogP contribution is -2.21. The van der Waals surface area contributed by atoms with Gasteiger partial charge in [0.1, 0.15) is 17.4 Å². The Bertz CT molecular complexity index is 612. The van der Waals surface area contributed by atoms with Crippen LogP contribution in [0.1, 0.15) is 11.9 Å². The van der Waals surface area contributed by atoms with Crippen molar-refractivity contribution < 1.29 is 19.0 Å². The van der Waals surface area contributed by atoms with Crippen LogP contribution in [0.15, 0.2) is 24.4 Å². The van der Waals surface area contributed by atoms with Crippen LogP contribution in [0.25, 0.3) is 11.3 Å². The van der Waals surface area contributed by atoms with Crippen LogP contribution in [0.3, 0.4) is 0 Å². The minimum atomic E-state index is -1.26. The Balaban J connectivity index is 2.43. The number of aliphatic carboxylic acids is 1. The van der Waals surface area contributed by atoms with E-state index in [1.807, 2.05) is 0 Å². The molecule has 0 aliphatic heterocycles. The van der Waals surface area contributed by atoms with E-state index in [1.54, 1.807) is 0 Å². The number of ether oxygens (including phenoxy) is 1. The smallest absolute Gasteiger partial charge is 0.328 e. The van der Waals surface area contributed by atoms with Crippen LogP contribution in [0.5, 0.6) is 5.75 Å². The number of benzene rings is 1. The maximum Gasteiger partial charge on any atom is 0.328 e. The molecule has 19 heavy (non-hydrogen) atoms. The second-order valence-corrected chi connectivity index (χ2v) is 3.84. The van der Waals surface area contributed by atoms with Crippen LogP contribution >= 0.6 is 0 Å². The zero-order valence-corrected chi connectivity index (χ0v) is 10.1. The fourth-order valence-corrected chi connectivity index (χ4v) is 1.64. The summed E-state index contributed by atoms with van der Waals surface area (Å²) in [5, 5.41) is 8.79. The molecule has 0 bridgehead atoms. The average molecular weight is 265 g/mol. The number of nitrogens with two attached hydrogens (primary N) is 1. The predicted molar refractivity (Wildman–Crippen MR) is 65.1 cm³/mol. The summed E-state index contributed by atoms with van der Waals surface area (Å²) in [7, 11) is 1.46. The van der Waals surface area contributed by atoms with Gasteiger partial charge < -0.3 is 20.6 Å². The number of carboxylic acid groups (broad SMARTS) is 1. The Morgan fingerprint density at radius 1 is 1.58 bits per heavy atom. The highest BCUT2D eigenvalue weighted by Gasteiger charge is 2.19. The minimum Gasteiger partial charge on any atom is -0.496 e. The van der Waals surface area contributed by atoms with Crippen molar-refractivity contribution in [3.05, 3.63) is 36.0 Å². The Morgan fingerprint density at radius 2 is 2.32 bits per heavy atom. The number of nitrogens with zero attached hydrogens (tertiary/aromatic N) is 1. The van der Waals surface area contributed by atoms with Gasteiger partial charge in [0.15, 0.2) is 6.04 Å². The van der Waals surface area contributed by atoms with Crippen molar-refractivity contribution in [2.45, 2.75) is 6.04 Å². The first-order valence-corrected chi connectivity index (χ1v) is 5.40. The molecule has 7 heteroatoms. The van der Waals surface area contributed by atoms with E-state index in [2.05, 4.69) is 9.97 Å². The summed E-state index contributed by atoms with van der Waals surface area (Å²) in [6.45, 7) is 0.